The van der Waals surface area contributed by atoms with Crippen LogP contribution in [0.15, 0.2) is 48.6 Å². The lowest BCUT2D eigenvalue weighted by atomic mass is 9.87. The standard InChI is InChI=1S/C22H29N3O5/c1-15(2)14-30-21(12-10-17(11-13-21)16-8-6-5-7-9-16)20(28)25(4)22(29,18(23)26)19(27)24-3/h5-12,15,29H,13-14H2,1-4H3,(H2,23,26)(H,24,27). The average molecular weight is 415 g/mol. The molecular formula is C22H29N3O5. The topological polar surface area (TPSA) is 122 Å². The number of nitrogens with two attached hydrogens (primary N) is 1. The third-order valence-electron chi connectivity index (χ3n) is 4.98. The van der Waals surface area contributed by atoms with Crippen molar-refractivity contribution >= 4 is 23.3 Å². The number of ether oxygens (including phenoxy) is 1. The Morgan fingerprint density at radius 2 is 1.93 bits per heavy atom. The number of rotatable bonds is 8. The monoisotopic (exact) mass is 415 g/mol. The Hall–Kier alpha value is -2.97. The molecule has 1 aromatic rings. The first kappa shape index (κ1) is 23.3. The summed E-state index contributed by atoms with van der Waals surface area (Å²) in [5.74, 6) is -3.10. The van der Waals surface area contributed by atoms with Crippen LogP contribution in [0, 0.1) is 5.92 Å². The summed E-state index contributed by atoms with van der Waals surface area (Å²) in [4.78, 5) is 38.1. The number of carbonyl (C=O) groups excluding carboxylic acids is 3. The smallest absolute Gasteiger partial charge is 0.302 e. The number of amides is 3. The molecule has 8 nitrogen and oxygen atoms in total. The minimum atomic E-state index is -2.85. The Kier molecular flexibility index (Phi) is 7.17. The summed E-state index contributed by atoms with van der Waals surface area (Å²) >= 11 is 0. The van der Waals surface area contributed by atoms with E-state index in [2.05, 4.69) is 5.32 Å². The molecule has 0 aliphatic heterocycles. The minimum Gasteiger partial charge on any atom is -0.365 e. The molecule has 0 bridgehead atoms. The number of likely N-dealkylation sites (N-methyl/N-ethyl adjacent to an activating group) is 2. The zero-order chi connectivity index (χ0) is 22.5. The fraction of sp³-hybridized carbons (Fsp3) is 0.409. The highest BCUT2D eigenvalue weighted by Crippen LogP contribution is 2.33. The highest BCUT2D eigenvalue weighted by molar-refractivity contribution is 6.10. The van der Waals surface area contributed by atoms with Crippen LogP contribution in [-0.4, -0.2) is 59.8 Å². The van der Waals surface area contributed by atoms with Crippen LogP contribution in [0.1, 0.15) is 25.8 Å². The fourth-order valence-electron chi connectivity index (χ4n) is 3.14. The van der Waals surface area contributed by atoms with Crippen molar-refractivity contribution in [3.8, 4) is 0 Å². The molecule has 0 saturated carbocycles. The molecule has 3 amide bonds. The van der Waals surface area contributed by atoms with Crippen LogP contribution < -0.4 is 11.1 Å². The van der Waals surface area contributed by atoms with Gasteiger partial charge in [0.1, 0.15) is 0 Å². The maximum Gasteiger partial charge on any atom is 0.302 e. The molecule has 162 valence electrons. The van der Waals surface area contributed by atoms with Crippen molar-refractivity contribution in [3.63, 3.8) is 0 Å². The van der Waals surface area contributed by atoms with Crippen molar-refractivity contribution < 1.29 is 24.2 Å². The van der Waals surface area contributed by atoms with Crippen LogP contribution in [0.4, 0.5) is 0 Å². The Balaban J connectivity index is 2.41. The number of hydrogen-bond donors (Lipinski definition) is 3. The highest BCUT2D eigenvalue weighted by atomic mass is 16.5. The van der Waals surface area contributed by atoms with Gasteiger partial charge in [0.15, 0.2) is 5.60 Å². The van der Waals surface area contributed by atoms with Gasteiger partial charge in [-0.15, -0.1) is 0 Å². The molecule has 8 heteroatoms. The van der Waals surface area contributed by atoms with Crippen LogP contribution >= 0.6 is 0 Å². The second-order valence-corrected chi connectivity index (χ2v) is 7.64. The molecule has 2 atom stereocenters. The van der Waals surface area contributed by atoms with E-state index in [1.807, 2.05) is 50.3 Å². The SMILES string of the molecule is CNC(=O)C(O)(C(N)=O)N(C)C(=O)C1(OCC(C)C)C=CC(c2ccccc2)=CC1. The maximum atomic E-state index is 13.4. The number of primary amides is 1. The second-order valence-electron chi connectivity index (χ2n) is 7.64. The number of benzene rings is 1. The lowest BCUT2D eigenvalue weighted by molar-refractivity contribution is -0.186. The van der Waals surface area contributed by atoms with E-state index in [4.69, 9.17) is 10.5 Å². The zero-order valence-corrected chi connectivity index (χ0v) is 17.7. The quantitative estimate of drug-likeness (QED) is 0.429. The summed E-state index contributed by atoms with van der Waals surface area (Å²) < 4.78 is 5.97. The van der Waals surface area contributed by atoms with E-state index in [1.165, 1.54) is 7.05 Å². The van der Waals surface area contributed by atoms with Gasteiger partial charge in [-0.2, -0.15) is 0 Å². The van der Waals surface area contributed by atoms with Crippen molar-refractivity contribution in [2.45, 2.75) is 31.6 Å². The predicted molar refractivity (Wildman–Crippen MR) is 113 cm³/mol. The first-order chi connectivity index (χ1) is 14.1. The normalized spacial score (nSPS) is 20.3. The van der Waals surface area contributed by atoms with E-state index in [0.29, 0.717) is 4.90 Å². The Morgan fingerprint density at radius 3 is 2.40 bits per heavy atom. The second kappa shape index (κ2) is 9.23. The number of allylic oxidation sites excluding steroid dienone is 2. The molecule has 1 aromatic carbocycles. The van der Waals surface area contributed by atoms with Gasteiger partial charge < -0.3 is 20.9 Å². The van der Waals surface area contributed by atoms with Crippen molar-refractivity contribution in [3.05, 3.63) is 54.1 Å². The molecule has 0 aromatic heterocycles. The molecule has 2 unspecified atom stereocenters. The lowest BCUT2D eigenvalue weighted by Gasteiger charge is -2.40. The van der Waals surface area contributed by atoms with Gasteiger partial charge in [0, 0.05) is 20.5 Å². The molecule has 0 fully saturated rings. The number of nitrogens with zero attached hydrogens (tertiary/aromatic N) is 1. The van der Waals surface area contributed by atoms with Gasteiger partial charge in [-0.05, 0) is 23.1 Å². The summed E-state index contributed by atoms with van der Waals surface area (Å²) in [6.45, 7) is 4.13. The van der Waals surface area contributed by atoms with Crippen LogP contribution in [0.5, 0.6) is 0 Å². The molecule has 0 saturated heterocycles. The summed E-state index contributed by atoms with van der Waals surface area (Å²) in [5.41, 5.74) is 2.81. The van der Waals surface area contributed by atoms with Crippen LogP contribution in [-0.2, 0) is 19.1 Å². The Morgan fingerprint density at radius 1 is 1.30 bits per heavy atom. The lowest BCUT2D eigenvalue weighted by Crippen LogP contribution is -2.68. The summed E-state index contributed by atoms with van der Waals surface area (Å²) in [7, 11) is 2.38. The maximum absolute atomic E-state index is 13.4. The van der Waals surface area contributed by atoms with E-state index in [9.17, 15) is 19.5 Å². The average Bonchev–Trinajstić information content (AvgIpc) is 2.76. The number of hydrogen-bond acceptors (Lipinski definition) is 5. The molecule has 0 heterocycles. The third-order valence-corrected chi connectivity index (χ3v) is 4.98. The van der Waals surface area contributed by atoms with Gasteiger partial charge in [0.2, 0.25) is 0 Å². The predicted octanol–water partition coefficient (Wildman–Crippen LogP) is 0.820. The molecule has 2 rings (SSSR count). The van der Waals surface area contributed by atoms with Gasteiger partial charge in [-0.3, -0.25) is 19.3 Å². The van der Waals surface area contributed by atoms with E-state index in [0.717, 1.165) is 18.2 Å². The minimum absolute atomic E-state index is 0.127. The first-order valence-electron chi connectivity index (χ1n) is 9.70. The summed E-state index contributed by atoms with van der Waals surface area (Å²) in [5, 5.41) is 12.8. The first-order valence-corrected chi connectivity index (χ1v) is 9.70. The van der Waals surface area contributed by atoms with Gasteiger partial charge in [-0.1, -0.05) is 56.3 Å². The van der Waals surface area contributed by atoms with E-state index in [1.54, 1.807) is 12.2 Å². The third kappa shape index (κ3) is 4.44. The van der Waals surface area contributed by atoms with Crippen molar-refractivity contribution in [1.29, 1.82) is 0 Å². The molecular weight excluding hydrogens is 386 g/mol. The molecule has 1 aliphatic rings. The molecule has 1 aliphatic carbocycles. The largest absolute Gasteiger partial charge is 0.365 e. The van der Waals surface area contributed by atoms with Gasteiger partial charge >= 0.3 is 5.72 Å². The highest BCUT2D eigenvalue weighted by Gasteiger charge is 2.53. The van der Waals surface area contributed by atoms with Crippen molar-refractivity contribution in [2.75, 3.05) is 20.7 Å². The Bertz CT molecular complexity index is 865. The van der Waals surface area contributed by atoms with E-state index >= 15 is 0 Å². The van der Waals surface area contributed by atoms with Gasteiger partial charge in [0.25, 0.3) is 17.7 Å². The number of carbonyl (C=O) groups is 3. The van der Waals surface area contributed by atoms with Crippen molar-refractivity contribution in [2.24, 2.45) is 11.7 Å². The van der Waals surface area contributed by atoms with E-state index < -0.39 is 29.0 Å². The van der Waals surface area contributed by atoms with Crippen LogP contribution in [0.3, 0.4) is 0 Å². The van der Waals surface area contributed by atoms with Gasteiger partial charge in [0.05, 0.1) is 6.61 Å². The summed E-state index contributed by atoms with van der Waals surface area (Å²) in [6.07, 6.45) is 5.37. The molecule has 30 heavy (non-hydrogen) atoms. The fourth-order valence-corrected chi connectivity index (χ4v) is 3.14. The zero-order valence-electron chi connectivity index (χ0n) is 17.7. The van der Waals surface area contributed by atoms with Crippen LogP contribution in [0.25, 0.3) is 5.57 Å². The number of aliphatic hydroxyl groups is 1. The van der Waals surface area contributed by atoms with Crippen LogP contribution in [0.2, 0.25) is 0 Å². The molecule has 0 spiro atoms. The molecule has 4 N–H and O–H groups in total. The van der Waals surface area contributed by atoms with E-state index in [-0.39, 0.29) is 18.9 Å². The Labute approximate surface area is 176 Å². The molecule has 0 radical (unpaired) electrons. The number of nitrogens with one attached hydrogen (secondary N) is 1. The van der Waals surface area contributed by atoms with Crippen molar-refractivity contribution in [1.82, 2.24) is 10.2 Å². The summed E-state index contributed by atoms with van der Waals surface area (Å²) in [6, 6.07) is 9.63. The van der Waals surface area contributed by atoms with Gasteiger partial charge in [-0.25, -0.2) is 0 Å².